The van der Waals surface area contributed by atoms with E-state index < -0.39 is 0 Å². The van der Waals surface area contributed by atoms with Crippen LogP contribution in [0.4, 0.5) is 0 Å². The standard InChI is InChI=1S/C79H53IN3OS/c1-48-35-38-63-64-41-42-72-76(65-31-16-19-33-71(65)83(72)57-26-11-6-12-27-57)78(64)84-77(63)75(48)58-28-14-13-25-54(58)43-68-66(51-21-7-4-8-22-51)44-56(45-67(68)52-23-9-5-10-24-52)50(3)82-79(55-37-39-60-59-29-15-18-32-69(59)80-70(60)46-55)81-49(2)53-36-40-62-61-30-17-20-34-73(61)85-74(62)47-53/h4-42,44-47H,3,43H2,1-2H3/q-1. The van der Waals surface area contributed by atoms with Crippen LogP contribution in [0.25, 0.3) is 120 Å². The molecule has 16 rings (SSSR count). The van der Waals surface area contributed by atoms with Gasteiger partial charge in [-0.15, -0.1) is 0 Å². The Morgan fingerprint density at radius 2 is 1.08 bits per heavy atom. The molecule has 0 aliphatic carbocycles. The number of aryl methyl sites for hydroxylation is 1. The second-order valence-electron chi connectivity index (χ2n) is 22.0. The fraction of sp³-hybridized carbons (Fsp3) is 0.0380. The van der Waals surface area contributed by atoms with Crippen molar-refractivity contribution in [3.63, 3.8) is 0 Å². The van der Waals surface area contributed by atoms with Crippen LogP contribution in [0, 0.1) is 14.1 Å². The van der Waals surface area contributed by atoms with Crippen molar-refractivity contribution >= 4 is 92.5 Å². The van der Waals surface area contributed by atoms with Crippen molar-refractivity contribution in [3.8, 4) is 50.2 Å². The van der Waals surface area contributed by atoms with E-state index >= 15 is 0 Å². The van der Waals surface area contributed by atoms with Crippen LogP contribution in [0.1, 0.15) is 40.3 Å². The molecule has 12 aromatic carbocycles. The third-order valence-electron chi connectivity index (χ3n) is 17.0. The Kier molecular flexibility index (Phi) is 12.5. The summed E-state index contributed by atoms with van der Waals surface area (Å²) in [6.07, 6.45) is 0.644. The topological polar surface area (TPSA) is 42.8 Å². The summed E-state index contributed by atoms with van der Waals surface area (Å²) in [7, 11) is 0. The van der Waals surface area contributed by atoms with Gasteiger partial charge in [0.25, 0.3) is 0 Å². The Morgan fingerprint density at radius 1 is 0.471 bits per heavy atom. The first-order valence-corrected chi connectivity index (χ1v) is 31.8. The zero-order valence-electron chi connectivity index (χ0n) is 46.8. The molecular formula is C79H53IN3OS-. The number of furan rings is 1. The average molecular weight is 1220 g/mol. The minimum absolute atomic E-state index is 0.373. The van der Waals surface area contributed by atoms with Crippen LogP contribution in [0.5, 0.6) is 0 Å². The third-order valence-corrected chi connectivity index (χ3v) is 21.1. The number of aliphatic imine (C=N–C) groups is 2. The maximum absolute atomic E-state index is 7.36. The third kappa shape index (κ3) is 8.77. The van der Waals surface area contributed by atoms with Crippen molar-refractivity contribution in [1.29, 1.82) is 0 Å². The molecule has 0 saturated heterocycles. The predicted molar refractivity (Wildman–Crippen MR) is 355 cm³/mol. The molecule has 1 aliphatic heterocycles. The second-order valence-corrected chi connectivity index (χ2v) is 26.0. The Balaban J connectivity index is 0.850. The molecule has 0 atom stereocenters. The number of benzene rings is 12. The van der Waals surface area contributed by atoms with Crippen LogP contribution in [-0.4, -0.2) is 16.1 Å². The molecular weight excluding hydrogens is 1170 g/mol. The van der Waals surface area contributed by atoms with Gasteiger partial charge in [-0.1, -0.05) is 97.1 Å². The summed E-state index contributed by atoms with van der Waals surface area (Å²) >= 11 is 1.45. The Bertz CT molecular complexity index is 5220. The Hall–Kier alpha value is -9.73. The minimum atomic E-state index is -0.373. The van der Waals surface area contributed by atoms with Gasteiger partial charge < -0.3 is 8.98 Å². The number of hydrogen-bond acceptors (Lipinski definition) is 3. The molecule has 0 bridgehead atoms. The molecule has 4 heterocycles. The number of amidine groups is 1. The summed E-state index contributed by atoms with van der Waals surface area (Å²) in [5.41, 5.74) is 22.6. The fourth-order valence-electron chi connectivity index (χ4n) is 12.9. The number of rotatable bonds is 10. The molecule has 0 amide bonds. The second kappa shape index (κ2) is 20.9. The molecule has 0 radical (unpaired) electrons. The first-order chi connectivity index (χ1) is 41.9. The molecule has 3 aromatic heterocycles. The van der Waals surface area contributed by atoms with Crippen molar-refractivity contribution < 1.29 is 25.6 Å². The van der Waals surface area contributed by atoms with Gasteiger partial charge in [-0.3, -0.25) is 0 Å². The van der Waals surface area contributed by atoms with E-state index in [1.54, 1.807) is 0 Å². The Labute approximate surface area is 507 Å². The van der Waals surface area contributed by atoms with E-state index in [-0.39, 0.29) is 21.2 Å². The van der Waals surface area contributed by atoms with Crippen molar-refractivity contribution in [2.45, 2.75) is 20.3 Å². The molecule has 15 aromatic rings. The number of thiophene rings is 1. The molecule has 0 fully saturated rings. The summed E-state index contributed by atoms with van der Waals surface area (Å²) in [6.45, 7) is 9.15. The van der Waals surface area contributed by atoms with E-state index in [1.165, 1.54) is 55.0 Å². The van der Waals surface area contributed by atoms with Gasteiger partial charge in [-0.2, -0.15) is 0 Å². The van der Waals surface area contributed by atoms with Crippen LogP contribution in [-0.2, 0) is 6.42 Å². The van der Waals surface area contributed by atoms with Crippen LogP contribution >= 0.6 is 11.3 Å². The monoisotopic (exact) mass is 1220 g/mol. The number of para-hydroxylation sites is 2. The number of aromatic nitrogens is 1. The zero-order chi connectivity index (χ0) is 56.7. The van der Waals surface area contributed by atoms with E-state index in [1.807, 2.05) is 11.3 Å². The molecule has 404 valence electrons. The van der Waals surface area contributed by atoms with Gasteiger partial charge in [0, 0.05) is 27.4 Å². The molecule has 6 heteroatoms. The molecule has 0 N–H and O–H groups in total. The molecule has 0 saturated carbocycles. The molecule has 0 unspecified atom stereocenters. The van der Waals surface area contributed by atoms with Crippen LogP contribution in [0.2, 0.25) is 0 Å². The summed E-state index contributed by atoms with van der Waals surface area (Å²) in [6, 6.07) is 94.6. The summed E-state index contributed by atoms with van der Waals surface area (Å²) < 4.78 is 15.1. The molecule has 4 nitrogen and oxygen atoms in total. The Morgan fingerprint density at radius 3 is 1.87 bits per heavy atom. The number of halogens is 1. The molecule has 0 spiro atoms. The number of fused-ring (bicyclic) bond motifs is 13. The predicted octanol–water partition coefficient (Wildman–Crippen LogP) is 18.0. The van der Waals surface area contributed by atoms with E-state index in [2.05, 4.69) is 279 Å². The number of hydrogen-bond donors (Lipinski definition) is 0. The van der Waals surface area contributed by atoms with Gasteiger partial charge in [0.2, 0.25) is 0 Å². The quantitative estimate of drug-likeness (QED) is 0.0764. The van der Waals surface area contributed by atoms with Crippen molar-refractivity contribution in [3.05, 3.63) is 308 Å². The van der Waals surface area contributed by atoms with E-state index in [9.17, 15) is 0 Å². The normalized spacial score (nSPS) is 12.6. The van der Waals surface area contributed by atoms with Crippen LogP contribution < -0.4 is 21.2 Å². The fourth-order valence-corrected chi connectivity index (χ4v) is 17.0. The molecule has 1 aliphatic rings. The van der Waals surface area contributed by atoms with Gasteiger partial charge in [-0.25, -0.2) is 0 Å². The van der Waals surface area contributed by atoms with Crippen molar-refractivity contribution in [1.82, 2.24) is 4.57 Å². The summed E-state index contributed by atoms with van der Waals surface area (Å²) in [5.74, 6) is 0.639. The summed E-state index contributed by atoms with van der Waals surface area (Å²) in [4.78, 5) is 11.0. The van der Waals surface area contributed by atoms with Crippen molar-refractivity contribution in [2.75, 3.05) is 0 Å². The average Bonchev–Trinajstić information content (AvgIpc) is 1.72. The van der Waals surface area contributed by atoms with E-state index in [0.717, 1.165) is 105 Å². The zero-order valence-corrected chi connectivity index (χ0v) is 49.8. The van der Waals surface area contributed by atoms with Crippen LogP contribution in [0.3, 0.4) is 0 Å². The maximum atomic E-state index is 7.36. The molecule has 85 heavy (non-hydrogen) atoms. The summed E-state index contributed by atoms with van der Waals surface area (Å²) in [5, 5.41) is 7.04. The van der Waals surface area contributed by atoms with Crippen LogP contribution in [0.15, 0.2) is 282 Å². The van der Waals surface area contributed by atoms with Gasteiger partial charge in [0.1, 0.15) is 11.2 Å². The number of nitrogens with zero attached hydrogens (tertiary/aromatic N) is 3. The van der Waals surface area contributed by atoms with Gasteiger partial charge in [0.15, 0.2) is 0 Å². The first-order valence-electron chi connectivity index (χ1n) is 28.8. The van der Waals surface area contributed by atoms with E-state index in [0.29, 0.717) is 18.0 Å². The van der Waals surface area contributed by atoms with Gasteiger partial charge in [0.05, 0.1) is 16.4 Å². The van der Waals surface area contributed by atoms with Gasteiger partial charge >= 0.3 is 302 Å². The first kappa shape index (κ1) is 51.0. The van der Waals surface area contributed by atoms with E-state index in [4.69, 9.17) is 21.0 Å². The SMILES string of the molecule is C=C(N=C(N=C(C)c1ccc2c(c1)sc1ccccc12)c1ccc2c(c1)[I-]c1ccccc1-2)c1cc(-c2ccccc2)c(Cc2ccccc2-c2c(C)ccc3c2oc2c3ccc3c2c2ccccc2n3-c2ccccc2)c(-c2ccccc2)c1. The van der Waals surface area contributed by atoms with Gasteiger partial charge in [-0.05, 0) is 48.4 Å². The van der Waals surface area contributed by atoms with Crippen molar-refractivity contribution in [2.24, 2.45) is 9.98 Å².